The third kappa shape index (κ3) is 1.80. The van der Waals surface area contributed by atoms with Crippen LogP contribution < -0.4 is 0 Å². The lowest BCUT2D eigenvalue weighted by atomic mass is 10.0. The van der Waals surface area contributed by atoms with Crippen molar-refractivity contribution in [2.75, 3.05) is 0 Å². The summed E-state index contributed by atoms with van der Waals surface area (Å²) < 4.78 is 6.67. The molecular formula is C11H14N2O2. The fourth-order valence-corrected chi connectivity index (χ4v) is 1.67. The smallest absolute Gasteiger partial charge is 0.110 e. The average molecular weight is 206 g/mol. The van der Waals surface area contributed by atoms with E-state index in [4.69, 9.17) is 4.42 Å². The Hall–Kier alpha value is -1.55. The van der Waals surface area contributed by atoms with Gasteiger partial charge in [0.1, 0.15) is 6.10 Å². The molecular weight excluding hydrogens is 192 g/mol. The van der Waals surface area contributed by atoms with Crippen LogP contribution in [0.1, 0.15) is 29.8 Å². The normalized spacial score (nSPS) is 13.0. The molecule has 0 saturated heterocycles. The zero-order valence-electron chi connectivity index (χ0n) is 8.84. The maximum Gasteiger partial charge on any atom is 0.110 e. The molecule has 2 heterocycles. The van der Waals surface area contributed by atoms with Crippen LogP contribution in [-0.4, -0.2) is 14.9 Å². The van der Waals surface area contributed by atoms with E-state index in [0.717, 1.165) is 23.2 Å². The van der Waals surface area contributed by atoms with Crippen molar-refractivity contribution in [3.63, 3.8) is 0 Å². The molecule has 1 unspecified atom stereocenters. The molecule has 0 radical (unpaired) electrons. The van der Waals surface area contributed by atoms with Crippen molar-refractivity contribution in [3.8, 4) is 0 Å². The SMILES string of the molecule is CCc1nn(C)cc1C(O)c1ccoc1. The molecule has 0 aliphatic heterocycles. The number of rotatable bonds is 3. The molecule has 4 heteroatoms. The number of aliphatic hydroxyl groups excluding tert-OH is 1. The first-order chi connectivity index (χ1) is 7.22. The maximum atomic E-state index is 10.1. The minimum atomic E-state index is -0.646. The van der Waals surface area contributed by atoms with Crippen LogP contribution in [0.25, 0.3) is 0 Å². The molecule has 0 aliphatic rings. The van der Waals surface area contributed by atoms with Crippen LogP contribution >= 0.6 is 0 Å². The molecule has 2 aromatic rings. The number of furan rings is 1. The molecule has 0 spiro atoms. The van der Waals surface area contributed by atoms with Crippen LogP contribution in [0.5, 0.6) is 0 Å². The summed E-state index contributed by atoms with van der Waals surface area (Å²) in [5.41, 5.74) is 2.53. The quantitative estimate of drug-likeness (QED) is 0.830. The zero-order valence-corrected chi connectivity index (χ0v) is 8.84. The summed E-state index contributed by atoms with van der Waals surface area (Å²) in [7, 11) is 1.85. The van der Waals surface area contributed by atoms with Crippen LogP contribution in [0.3, 0.4) is 0 Å². The van der Waals surface area contributed by atoms with Crippen LogP contribution in [0.15, 0.2) is 29.2 Å². The van der Waals surface area contributed by atoms with Crippen molar-refractivity contribution in [1.82, 2.24) is 9.78 Å². The van der Waals surface area contributed by atoms with Crippen molar-refractivity contribution >= 4 is 0 Å². The standard InChI is InChI=1S/C11H14N2O2/c1-3-10-9(6-13(2)12-10)11(14)8-4-5-15-7-8/h4-7,11,14H,3H2,1-2H3. The van der Waals surface area contributed by atoms with Crippen LogP contribution in [0.4, 0.5) is 0 Å². The van der Waals surface area contributed by atoms with E-state index in [9.17, 15) is 5.11 Å². The van der Waals surface area contributed by atoms with Gasteiger partial charge < -0.3 is 9.52 Å². The van der Waals surface area contributed by atoms with E-state index in [1.54, 1.807) is 23.3 Å². The van der Waals surface area contributed by atoms with E-state index in [1.165, 1.54) is 0 Å². The largest absolute Gasteiger partial charge is 0.472 e. The Balaban J connectivity index is 2.36. The van der Waals surface area contributed by atoms with Gasteiger partial charge in [0.25, 0.3) is 0 Å². The van der Waals surface area contributed by atoms with E-state index in [-0.39, 0.29) is 0 Å². The van der Waals surface area contributed by atoms with Crippen molar-refractivity contribution in [2.24, 2.45) is 7.05 Å². The van der Waals surface area contributed by atoms with Gasteiger partial charge in [-0.25, -0.2) is 0 Å². The summed E-state index contributed by atoms with van der Waals surface area (Å²) in [6, 6.07) is 1.76. The molecule has 0 aromatic carbocycles. The fourth-order valence-electron chi connectivity index (χ4n) is 1.67. The van der Waals surface area contributed by atoms with E-state index in [1.807, 2.05) is 20.2 Å². The second-order valence-electron chi connectivity index (χ2n) is 3.52. The van der Waals surface area contributed by atoms with Crippen LogP contribution in [0.2, 0.25) is 0 Å². The van der Waals surface area contributed by atoms with Crippen molar-refractivity contribution < 1.29 is 9.52 Å². The van der Waals surface area contributed by atoms with Gasteiger partial charge in [0.2, 0.25) is 0 Å². The van der Waals surface area contributed by atoms with Crippen molar-refractivity contribution in [1.29, 1.82) is 0 Å². The summed E-state index contributed by atoms with van der Waals surface area (Å²) in [5, 5.41) is 14.4. The number of hydrogen-bond donors (Lipinski definition) is 1. The Morgan fingerprint density at radius 1 is 1.60 bits per heavy atom. The van der Waals surface area contributed by atoms with Crippen molar-refractivity contribution in [2.45, 2.75) is 19.4 Å². The van der Waals surface area contributed by atoms with Gasteiger partial charge in [0.05, 0.1) is 18.2 Å². The summed E-state index contributed by atoms with van der Waals surface area (Å²) in [4.78, 5) is 0. The van der Waals surface area contributed by atoms with Gasteiger partial charge in [-0.2, -0.15) is 5.10 Å². The second-order valence-corrected chi connectivity index (χ2v) is 3.52. The number of aryl methyl sites for hydroxylation is 2. The first kappa shape index (κ1) is 9.98. The molecule has 4 nitrogen and oxygen atoms in total. The third-order valence-corrected chi connectivity index (χ3v) is 2.43. The molecule has 0 bridgehead atoms. The molecule has 0 fully saturated rings. The van der Waals surface area contributed by atoms with Gasteiger partial charge in [-0.1, -0.05) is 6.92 Å². The Bertz CT molecular complexity index is 431. The van der Waals surface area contributed by atoms with Gasteiger partial charge in [-0.3, -0.25) is 4.68 Å². The fraction of sp³-hybridized carbons (Fsp3) is 0.364. The lowest BCUT2D eigenvalue weighted by Crippen LogP contribution is -2.00. The molecule has 2 rings (SSSR count). The highest BCUT2D eigenvalue weighted by Crippen LogP contribution is 2.24. The predicted molar refractivity (Wildman–Crippen MR) is 55.4 cm³/mol. The topological polar surface area (TPSA) is 51.2 Å². The van der Waals surface area contributed by atoms with Crippen LogP contribution in [-0.2, 0) is 13.5 Å². The summed E-state index contributed by atoms with van der Waals surface area (Å²) in [5.74, 6) is 0. The molecule has 15 heavy (non-hydrogen) atoms. The average Bonchev–Trinajstić information content (AvgIpc) is 2.84. The van der Waals surface area contributed by atoms with E-state index in [0.29, 0.717) is 0 Å². The number of aliphatic hydroxyl groups is 1. The van der Waals surface area contributed by atoms with Gasteiger partial charge in [0.15, 0.2) is 0 Å². The summed E-state index contributed by atoms with van der Waals surface area (Å²) in [6.45, 7) is 2.02. The maximum absolute atomic E-state index is 10.1. The Labute approximate surface area is 88.1 Å². The molecule has 2 aromatic heterocycles. The predicted octanol–water partition coefficient (Wildman–Crippen LogP) is 1.66. The van der Waals surface area contributed by atoms with E-state index < -0.39 is 6.10 Å². The lowest BCUT2D eigenvalue weighted by molar-refractivity contribution is 0.218. The molecule has 1 N–H and O–H groups in total. The molecule has 0 amide bonds. The van der Waals surface area contributed by atoms with Crippen molar-refractivity contribution in [3.05, 3.63) is 41.6 Å². The molecule has 1 atom stereocenters. The highest BCUT2D eigenvalue weighted by atomic mass is 16.3. The number of hydrogen-bond acceptors (Lipinski definition) is 3. The lowest BCUT2D eigenvalue weighted by Gasteiger charge is -2.06. The number of nitrogens with zero attached hydrogens (tertiary/aromatic N) is 2. The van der Waals surface area contributed by atoms with Gasteiger partial charge in [-0.05, 0) is 12.5 Å². The monoisotopic (exact) mass is 206 g/mol. The van der Waals surface area contributed by atoms with E-state index in [2.05, 4.69) is 5.10 Å². The van der Waals surface area contributed by atoms with E-state index >= 15 is 0 Å². The summed E-state index contributed by atoms with van der Waals surface area (Å²) >= 11 is 0. The highest BCUT2D eigenvalue weighted by molar-refractivity contribution is 5.29. The minimum absolute atomic E-state index is 0.646. The molecule has 0 saturated carbocycles. The van der Waals surface area contributed by atoms with Gasteiger partial charge >= 0.3 is 0 Å². The zero-order chi connectivity index (χ0) is 10.8. The Morgan fingerprint density at radius 2 is 2.40 bits per heavy atom. The highest BCUT2D eigenvalue weighted by Gasteiger charge is 2.17. The first-order valence-electron chi connectivity index (χ1n) is 4.95. The second kappa shape index (κ2) is 3.90. The van der Waals surface area contributed by atoms with Crippen LogP contribution in [0, 0.1) is 0 Å². The summed E-state index contributed by atoms with van der Waals surface area (Å²) in [6.07, 6.45) is 5.12. The molecule has 0 aliphatic carbocycles. The number of aromatic nitrogens is 2. The van der Waals surface area contributed by atoms with Gasteiger partial charge in [0, 0.05) is 24.4 Å². The van der Waals surface area contributed by atoms with Gasteiger partial charge in [-0.15, -0.1) is 0 Å². The first-order valence-corrected chi connectivity index (χ1v) is 4.95. The Morgan fingerprint density at radius 3 is 3.00 bits per heavy atom. The Kier molecular flexibility index (Phi) is 2.60. The third-order valence-electron chi connectivity index (χ3n) is 2.43. The molecule has 80 valence electrons. The minimum Gasteiger partial charge on any atom is -0.472 e.